The molecule has 0 aliphatic rings. The maximum Gasteiger partial charge on any atom is 0.282 e. The number of quaternary nitrogens is 1. The van der Waals surface area contributed by atoms with Crippen LogP contribution >= 0.6 is 0 Å². The molecule has 0 radical (unpaired) electrons. The first-order chi connectivity index (χ1) is 11.7. The number of hydrogen-bond acceptors (Lipinski definition) is 1. The van der Waals surface area contributed by atoms with Gasteiger partial charge in [-0.05, 0) is 44.2 Å². The van der Waals surface area contributed by atoms with E-state index in [0.717, 1.165) is 18.2 Å². The van der Waals surface area contributed by atoms with Gasteiger partial charge in [0.15, 0.2) is 35.1 Å². The Morgan fingerprint density at radius 2 is 1.56 bits per heavy atom. The largest absolute Gasteiger partial charge is 0.330 e. The third kappa shape index (κ3) is 4.33. The monoisotopic (exact) mass is 359 g/mol. The summed E-state index contributed by atoms with van der Waals surface area (Å²) in [6.45, 7) is 3.18. The van der Waals surface area contributed by atoms with E-state index in [1.807, 2.05) is 0 Å². The number of nitrogens with one attached hydrogen (secondary N) is 1. The van der Waals surface area contributed by atoms with Gasteiger partial charge in [-0.25, -0.2) is 22.0 Å². The van der Waals surface area contributed by atoms with Crippen LogP contribution in [0.15, 0.2) is 30.3 Å². The zero-order valence-electron chi connectivity index (χ0n) is 13.4. The summed E-state index contributed by atoms with van der Waals surface area (Å²) < 4.78 is 65.8. The van der Waals surface area contributed by atoms with Crippen LogP contribution in [0.2, 0.25) is 0 Å². The van der Waals surface area contributed by atoms with Gasteiger partial charge in [-0.3, -0.25) is 4.79 Å². The summed E-state index contributed by atoms with van der Waals surface area (Å²) in [5.41, 5.74) is -0.0258. The number of carbonyl (C=O) groups is 1. The fourth-order valence-corrected chi connectivity index (χ4v) is 2.30. The minimum Gasteiger partial charge on any atom is -0.330 e. The first-order valence-electron chi connectivity index (χ1n) is 7.45. The molecule has 2 aromatic carbocycles. The molecule has 0 saturated heterocycles. The maximum atomic E-state index is 13.6. The lowest BCUT2D eigenvalue weighted by molar-refractivity contribution is -0.709. The molecule has 0 bridgehead atoms. The molecule has 3 N–H and O–H groups in total. The third-order valence-electron chi connectivity index (χ3n) is 3.75. The van der Waals surface area contributed by atoms with Crippen molar-refractivity contribution in [2.75, 3.05) is 5.32 Å². The van der Waals surface area contributed by atoms with Crippen LogP contribution in [0, 0.1) is 29.1 Å². The predicted molar refractivity (Wildman–Crippen MR) is 81.1 cm³/mol. The second-order valence-electron chi connectivity index (χ2n) is 5.66. The van der Waals surface area contributed by atoms with E-state index in [1.54, 1.807) is 12.2 Å². The second-order valence-corrected chi connectivity index (χ2v) is 5.66. The normalized spacial score (nSPS) is 13.4. The Morgan fingerprint density at radius 1 is 0.920 bits per heavy atom. The lowest BCUT2D eigenvalue weighted by Gasteiger charge is -2.17. The molecule has 2 atom stereocenters. The minimum atomic E-state index is -1.68. The first kappa shape index (κ1) is 18.9. The summed E-state index contributed by atoms with van der Waals surface area (Å²) in [4.78, 5) is 12.1. The molecule has 1 amide bonds. The highest BCUT2D eigenvalue weighted by Crippen LogP contribution is 2.19. The van der Waals surface area contributed by atoms with Gasteiger partial charge < -0.3 is 10.6 Å². The molecule has 134 valence electrons. The summed E-state index contributed by atoms with van der Waals surface area (Å²) in [7, 11) is 0. The molecule has 8 heteroatoms. The molecule has 0 aliphatic heterocycles. The van der Waals surface area contributed by atoms with Crippen molar-refractivity contribution in [1.82, 2.24) is 0 Å². The molecular formula is C17H16F5N2O+. The van der Waals surface area contributed by atoms with Crippen molar-refractivity contribution in [3.05, 3.63) is 65.0 Å². The summed E-state index contributed by atoms with van der Waals surface area (Å²) >= 11 is 0. The summed E-state index contributed by atoms with van der Waals surface area (Å²) in [6, 6.07) is 3.86. The van der Waals surface area contributed by atoms with E-state index in [9.17, 15) is 26.7 Å². The van der Waals surface area contributed by atoms with Gasteiger partial charge in [-0.15, -0.1) is 0 Å². The minimum absolute atomic E-state index is 0.398. The Hall–Kier alpha value is -2.48. The quantitative estimate of drug-likeness (QED) is 0.626. The number of hydrogen-bond donors (Lipinski definition) is 2. The van der Waals surface area contributed by atoms with E-state index in [2.05, 4.69) is 5.32 Å². The van der Waals surface area contributed by atoms with Crippen LogP contribution in [-0.4, -0.2) is 11.9 Å². The predicted octanol–water partition coefficient (Wildman–Crippen LogP) is 3.03. The molecule has 0 spiro atoms. The highest BCUT2D eigenvalue weighted by atomic mass is 19.2. The number of rotatable bonds is 5. The molecule has 0 unspecified atom stereocenters. The van der Waals surface area contributed by atoms with E-state index >= 15 is 0 Å². The van der Waals surface area contributed by atoms with Gasteiger partial charge in [0, 0.05) is 5.56 Å². The SMILES string of the molecule is C[C@H]([NH2+][C@@H](C)c1ccc(F)c(F)c1)C(=O)Nc1ccc(F)c(F)c1F. The van der Waals surface area contributed by atoms with Crippen LogP contribution in [0.4, 0.5) is 27.6 Å². The van der Waals surface area contributed by atoms with E-state index in [0.29, 0.717) is 11.6 Å². The van der Waals surface area contributed by atoms with Crippen molar-refractivity contribution in [2.45, 2.75) is 25.9 Å². The number of benzene rings is 2. The van der Waals surface area contributed by atoms with Crippen molar-refractivity contribution in [3.8, 4) is 0 Å². The smallest absolute Gasteiger partial charge is 0.282 e. The Bertz CT molecular complexity index is 797. The van der Waals surface area contributed by atoms with Crippen molar-refractivity contribution in [2.24, 2.45) is 0 Å². The van der Waals surface area contributed by atoms with E-state index in [4.69, 9.17) is 0 Å². The summed E-state index contributed by atoms with van der Waals surface area (Å²) in [5.74, 6) is -7.16. The number of carbonyl (C=O) groups excluding carboxylic acids is 1. The molecule has 0 aliphatic carbocycles. The number of anilines is 1. The fourth-order valence-electron chi connectivity index (χ4n) is 2.30. The second kappa shape index (κ2) is 7.60. The zero-order chi connectivity index (χ0) is 18.7. The Balaban J connectivity index is 2.05. The van der Waals surface area contributed by atoms with Crippen LogP contribution in [0.1, 0.15) is 25.5 Å². The molecular weight excluding hydrogens is 343 g/mol. The molecule has 0 aromatic heterocycles. The first-order valence-corrected chi connectivity index (χ1v) is 7.45. The Morgan fingerprint density at radius 3 is 2.20 bits per heavy atom. The highest BCUT2D eigenvalue weighted by molar-refractivity contribution is 5.93. The molecule has 2 aromatic rings. The van der Waals surface area contributed by atoms with Crippen molar-refractivity contribution in [1.29, 1.82) is 0 Å². The molecule has 2 rings (SSSR count). The van der Waals surface area contributed by atoms with Crippen LogP contribution < -0.4 is 10.6 Å². The van der Waals surface area contributed by atoms with Gasteiger partial charge in [0.2, 0.25) is 0 Å². The standard InChI is InChI=1S/C17H15F5N2O/c1-8(10-3-4-11(18)13(20)7-10)23-9(2)17(25)24-14-6-5-12(19)15(21)16(14)22/h3-9,23H,1-2H3,(H,24,25)/p+1/t8-,9-/m0/s1. The van der Waals surface area contributed by atoms with Crippen LogP contribution in [-0.2, 0) is 4.79 Å². The fraction of sp³-hybridized carbons (Fsp3) is 0.235. The van der Waals surface area contributed by atoms with Gasteiger partial charge in [-0.1, -0.05) is 0 Å². The molecule has 0 fully saturated rings. The Kier molecular flexibility index (Phi) is 5.73. The molecule has 25 heavy (non-hydrogen) atoms. The van der Waals surface area contributed by atoms with Gasteiger partial charge in [0.25, 0.3) is 5.91 Å². The number of halogens is 5. The van der Waals surface area contributed by atoms with Gasteiger partial charge in [-0.2, -0.15) is 0 Å². The van der Waals surface area contributed by atoms with Crippen molar-refractivity contribution >= 4 is 11.6 Å². The van der Waals surface area contributed by atoms with Gasteiger partial charge >= 0.3 is 0 Å². The van der Waals surface area contributed by atoms with Crippen molar-refractivity contribution in [3.63, 3.8) is 0 Å². The lowest BCUT2D eigenvalue weighted by Crippen LogP contribution is -2.91. The number of amides is 1. The summed E-state index contributed by atoms with van der Waals surface area (Å²) in [5, 5.41) is 3.71. The van der Waals surface area contributed by atoms with Crippen LogP contribution in [0.3, 0.4) is 0 Å². The van der Waals surface area contributed by atoms with Crippen LogP contribution in [0.5, 0.6) is 0 Å². The van der Waals surface area contributed by atoms with Gasteiger partial charge in [0.1, 0.15) is 6.04 Å². The highest BCUT2D eigenvalue weighted by Gasteiger charge is 2.23. The lowest BCUT2D eigenvalue weighted by atomic mass is 10.1. The third-order valence-corrected chi connectivity index (χ3v) is 3.75. The van der Waals surface area contributed by atoms with E-state index < -0.39 is 52.8 Å². The maximum absolute atomic E-state index is 13.6. The average molecular weight is 359 g/mol. The molecule has 3 nitrogen and oxygen atoms in total. The van der Waals surface area contributed by atoms with Crippen molar-refractivity contribution < 1.29 is 32.1 Å². The summed E-state index contributed by atoms with van der Waals surface area (Å²) in [6.07, 6.45) is 0. The van der Waals surface area contributed by atoms with E-state index in [-0.39, 0.29) is 0 Å². The average Bonchev–Trinajstić information content (AvgIpc) is 2.57. The zero-order valence-corrected chi connectivity index (χ0v) is 13.4. The molecule has 0 saturated carbocycles. The number of nitrogens with two attached hydrogens (primary N) is 1. The van der Waals surface area contributed by atoms with E-state index in [1.165, 1.54) is 13.0 Å². The molecule has 0 heterocycles. The van der Waals surface area contributed by atoms with Crippen LogP contribution in [0.25, 0.3) is 0 Å². The Labute approximate surface area is 140 Å². The van der Waals surface area contributed by atoms with Gasteiger partial charge in [0.05, 0.1) is 5.69 Å². The topological polar surface area (TPSA) is 45.7 Å².